The highest BCUT2D eigenvalue weighted by atomic mass is 14.7. The van der Waals surface area contributed by atoms with Crippen molar-refractivity contribution in [3.8, 4) is 33.6 Å². The van der Waals surface area contributed by atoms with Crippen LogP contribution in [-0.2, 0) is 0 Å². The van der Waals surface area contributed by atoms with E-state index in [0.717, 1.165) is 17.0 Å². The van der Waals surface area contributed by atoms with Crippen LogP contribution in [0.15, 0.2) is 85.1 Å². The number of nitrogens with one attached hydrogen (secondary N) is 1. The molecule has 2 aromatic carbocycles. The highest BCUT2D eigenvalue weighted by Gasteiger charge is 2.08. The molecular weight excluding hydrogens is 292 g/mol. The number of H-pyrrole nitrogens is 1. The average molecular weight is 310 g/mol. The first-order valence-electron chi connectivity index (χ1n) is 8.08. The van der Waals surface area contributed by atoms with Gasteiger partial charge in [-0.15, -0.1) is 0 Å². The summed E-state index contributed by atoms with van der Waals surface area (Å²) >= 11 is 0. The van der Waals surface area contributed by atoms with Gasteiger partial charge in [-0.1, -0.05) is 60.7 Å². The Balaban J connectivity index is 1.68. The van der Waals surface area contributed by atoms with Crippen LogP contribution in [0.5, 0.6) is 0 Å². The number of hydrogen-bond donors (Lipinski definition) is 1. The summed E-state index contributed by atoms with van der Waals surface area (Å²) in [7, 11) is 0. The van der Waals surface area contributed by atoms with Crippen LogP contribution in [0.1, 0.15) is 5.69 Å². The summed E-state index contributed by atoms with van der Waals surface area (Å²) in [6, 6.07) is 27.2. The second-order valence-electron chi connectivity index (χ2n) is 5.88. The van der Waals surface area contributed by atoms with Crippen molar-refractivity contribution in [3.05, 3.63) is 90.8 Å². The van der Waals surface area contributed by atoms with E-state index in [0.29, 0.717) is 0 Å². The lowest BCUT2D eigenvalue weighted by molar-refractivity contribution is 1.27. The molecule has 0 amide bonds. The number of aromatic nitrogens is 2. The second-order valence-corrected chi connectivity index (χ2v) is 5.88. The zero-order valence-electron chi connectivity index (χ0n) is 13.5. The van der Waals surface area contributed by atoms with Crippen LogP contribution < -0.4 is 0 Å². The molecule has 0 saturated heterocycles. The van der Waals surface area contributed by atoms with Gasteiger partial charge in [0.05, 0.1) is 5.69 Å². The largest absolute Gasteiger partial charge is 0.358 e. The third-order valence-electron chi connectivity index (χ3n) is 4.26. The van der Waals surface area contributed by atoms with E-state index in [-0.39, 0.29) is 0 Å². The predicted molar refractivity (Wildman–Crippen MR) is 99.6 cm³/mol. The molecule has 1 N–H and O–H groups in total. The summed E-state index contributed by atoms with van der Waals surface area (Å²) < 4.78 is 0. The van der Waals surface area contributed by atoms with E-state index in [2.05, 4.69) is 71.5 Å². The Labute approximate surface area is 141 Å². The Morgan fingerprint density at radius 3 is 2.12 bits per heavy atom. The number of aromatic amines is 1. The first-order chi connectivity index (χ1) is 11.8. The van der Waals surface area contributed by atoms with E-state index in [1.807, 2.05) is 30.5 Å². The average Bonchev–Trinajstić information content (AvgIpc) is 3.05. The number of hydrogen-bond acceptors (Lipinski definition) is 1. The van der Waals surface area contributed by atoms with Crippen molar-refractivity contribution in [3.63, 3.8) is 0 Å². The molecule has 0 unspecified atom stereocenters. The fourth-order valence-corrected chi connectivity index (χ4v) is 2.99. The molecule has 4 rings (SSSR count). The molecule has 0 atom stereocenters. The van der Waals surface area contributed by atoms with Gasteiger partial charge in [0.2, 0.25) is 0 Å². The van der Waals surface area contributed by atoms with Gasteiger partial charge in [-0.05, 0) is 36.2 Å². The molecule has 116 valence electrons. The molecular formula is C22H18N2. The van der Waals surface area contributed by atoms with E-state index in [1.54, 1.807) is 0 Å². The molecule has 0 fully saturated rings. The van der Waals surface area contributed by atoms with E-state index in [4.69, 9.17) is 0 Å². The quantitative estimate of drug-likeness (QED) is 0.515. The molecule has 2 nitrogen and oxygen atoms in total. The lowest BCUT2D eigenvalue weighted by Gasteiger charge is -2.03. The SMILES string of the molecule is Cc1[nH]c(-c2ccccc2)cc1-c1ccc(-c2ccccn2)cc1. The highest BCUT2D eigenvalue weighted by Crippen LogP contribution is 2.30. The minimum Gasteiger partial charge on any atom is -0.358 e. The summed E-state index contributed by atoms with van der Waals surface area (Å²) in [6.45, 7) is 2.12. The summed E-state index contributed by atoms with van der Waals surface area (Å²) in [5.41, 5.74) is 8.12. The van der Waals surface area contributed by atoms with Crippen molar-refractivity contribution in [2.75, 3.05) is 0 Å². The van der Waals surface area contributed by atoms with Gasteiger partial charge < -0.3 is 4.98 Å². The topological polar surface area (TPSA) is 28.7 Å². The smallest absolute Gasteiger partial charge is 0.0701 e. The van der Waals surface area contributed by atoms with Gasteiger partial charge in [-0.25, -0.2) is 0 Å². The molecule has 0 spiro atoms. The van der Waals surface area contributed by atoms with Crippen LogP contribution in [0.4, 0.5) is 0 Å². The van der Waals surface area contributed by atoms with Crippen LogP contribution in [0.2, 0.25) is 0 Å². The zero-order chi connectivity index (χ0) is 16.4. The van der Waals surface area contributed by atoms with Gasteiger partial charge in [-0.2, -0.15) is 0 Å². The van der Waals surface area contributed by atoms with E-state index in [1.165, 1.54) is 22.4 Å². The van der Waals surface area contributed by atoms with Gasteiger partial charge in [0.15, 0.2) is 0 Å². The van der Waals surface area contributed by atoms with E-state index in [9.17, 15) is 0 Å². The van der Waals surface area contributed by atoms with Crippen molar-refractivity contribution in [2.24, 2.45) is 0 Å². The maximum absolute atomic E-state index is 4.41. The molecule has 0 aliphatic carbocycles. The summed E-state index contributed by atoms with van der Waals surface area (Å²) in [5.74, 6) is 0. The van der Waals surface area contributed by atoms with E-state index < -0.39 is 0 Å². The lowest BCUT2D eigenvalue weighted by Crippen LogP contribution is -1.83. The monoisotopic (exact) mass is 310 g/mol. The molecule has 0 aliphatic rings. The normalized spacial score (nSPS) is 10.7. The van der Waals surface area contributed by atoms with Gasteiger partial charge >= 0.3 is 0 Å². The van der Waals surface area contributed by atoms with Crippen molar-refractivity contribution < 1.29 is 0 Å². The van der Waals surface area contributed by atoms with Gasteiger partial charge in [0.25, 0.3) is 0 Å². The molecule has 4 aromatic rings. The number of rotatable bonds is 3. The molecule has 0 aliphatic heterocycles. The van der Waals surface area contributed by atoms with Crippen LogP contribution in [0.3, 0.4) is 0 Å². The first kappa shape index (κ1) is 14.5. The molecule has 0 bridgehead atoms. The van der Waals surface area contributed by atoms with Crippen LogP contribution in [0.25, 0.3) is 33.6 Å². The Morgan fingerprint density at radius 2 is 1.42 bits per heavy atom. The van der Waals surface area contributed by atoms with Crippen molar-refractivity contribution in [2.45, 2.75) is 6.92 Å². The number of nitrogens with zero attached hydrogens (tertiary/aromatic N) is 1. The van der Waals surface area contributed by atoms with Crippen molar-refractivity contribution in [1.82, 2.24) is 9.97 Å². The van der Waals surface area contributed by atoms with E-state index >= 15 is 0 Å². The highest BCUT2D eigenvalue weighted by molar-refractivity contribution is 5.75. The molecule has 0 radical (unpaired) electrons. The minimum atomic E-state index is 1.000. The molecule has 2 heterocycles. The Kier molecular flexibility index (Phi) is 3.72. The minimum absolute atomic E-state index is 1.000. The van der Waals surface area contributed by atoms with Gasteiger partial charge in [0.1, 0.15) is 0 Å². The second kappa shape index (κ2) is 6.17. The fourth-order valence-electron chi connectivity index (χ4n) is 2.99. The Morgan fingerprint density at radius 1 is 0.708 bits per heavy atom. The van der Waals surface area contributed by atoms with Crippen LogP contribution >= 0.6 is 0 Å². The zero-order valence-corrected chi connectivity index (χ0v) is 13.5. The molecule has 2 heteroatoms. The van der Waals surface area contributed by atoms with Crippen LogP contribution in [-0.4, -0.2) is 9.97 Å². The summed E-state index contributed by atoms with van der Waals surface area (Å²) in [4.78, 5) is 7.90. The lowest BCUT2D eigenvalue weighted by atomic mass is 10.0. The van der Waals surface area contributed by atoms with Gasteiger partial charge in [-0.3, -0.25) is 4.98 Å². The molecule has 24 heavy (non-hydrogen) atoms. The van der Waals surface area contributed by atoms with Gasteiger partial charge in [0, 0.05) is 28.7 Å². The number of aryl methyl sites for hydroxylation is 1. The molecule has 0 saturated carbocycles. The fraction of sp³-hybridized carbons (Fsp3) is 0.0455. The number of pyridine rings is 1. The molecule has 2 aromatic heterocycles. The Hall–Kier alpha value is -3.13. The summed E-state index contributed by atoms with van der Waals surface area (Å²) in [5, 5.41) is 0. The third kappa shape index (κ3) is 2.74. The van der Waals surface area contributed by atoms with Crippen molar-refractivity contribution in [1.29, 1.82) is 0 Å². The van der Waals surface area contributed by atoms with Crippen molar-refractivity contribution >= 4 is 0 Å². The van der Waals surface area contributed by atoms with Crippen LogP contribution in [0, 0.1) is 6.92 Å². The maximum Gasteiger partial charge on any atom is 0.0701 e. The first-order valence-corrected chi connectivity index (χ1v) is 8.08. The summed E-state index contributed by atoms with van der Waals surface area (Å²) in [6.07, 6.45) is 1.83. The number of benzene rings is 2. The standard InChI is InChI=1S/C22H18N2/c1-16-20(15-22(24-16)18-7-3-2-4-8-18)17-10-12-19(13-11-17)21-9-5-6-14-23-21/h2-15,24H,1H3. The maximum atomic E-state index is 4.41. The predicted octanol–water partition coefficient (Wildman–Crippen LogP) is 5.72. The third-order valence-corrected chi connectivity index (χ3v) is 4.26. The Bertz CT molecular complexity index is 936.